The highest BCUT2D eigenvalue weighted by Gasteiger charge is 2.28. The fourth-order valence-corrected chi connectivity index (χ4v) is 2.68. The highest BCUT2D eigenvalue weighted by molar-refractivity contribution is 6.22. The fraction of sp³-hybridized carbons (Fsp3) is 0.143. The van der Waals surface area contributed by atoms with Crippen LogP contribution in [0.3, 0.4) is 0 Å². The molecule has 0 atom stereocenters. The molecule has 2 N–H and O–H groups in total. The van der Waals surface area contributed by atoms with Crippen molar-refractivity contribution >= 4 is 9.92 Å². The van der Waals surface area contributed by atoms with Crippen LogP contribution in [0.2, 0.25) is 0 Å². The SMILES string of the molecule is CC(O[SiH2]N)(c1ccccc1)c1ccccc1. The molecule has 2 rings (SSSR count). The minimum atomic E-state index is -0.978. The summed E-state index contributed by atoms with van der Waals surface area (Å²) in [6.45, 7) is 2.08. The second kappa shape index (κ2) is 5.27. The Morgan fingerprint density at radius 2 is 1.29 bits per heavy atom. The summed E-state index contributed by atoms with van der Waals surface area (Å²) in [7, 11) is -0.978. The summed E-state index contributed by atoms with van der Waals surface area (Å²) in [5.41, 5.74) is 1.86. The molecule has 0 saturated carbocycles. The number of benzene rings is 2. The lowest BCUT2D eigenvalue weighted by Crippen LogP contribution is -2.32. The third-order valence-electron chi connectivity index (χ3n) is 3.02. The Hall–Kier alpha value is -1.42. The van der Waals surface area contributed by atoms with Crippen LogP contribution < -0.4 is 5.40 Å². The predicted molar refractivity (Wildman–Crippen MR) is 73.2 cm³/mol. The van der Waals surface area contributed by atoms with Crippen LogP contribution in [0.25, 0.3) is 0 Å². The maximum Gasteiger partial charge on any atom is 0.235 e. The molecule has 2 aromatic carbocycles. The van der Waals surface area contributed by atoms with Crippen molar-refractivity contribution in [3.05, 3.63) is 71.8 Å². The monoisotopic (exact) mass is 243 g/mol. The molecule has 0 saturated heterocycles. The van der Waals surface area contributed by atoms with Gasteiger partial charge in [-0.3, -0.25) is 0 Å². The standard InChI is InChI=1S/C14H17NOSi/c1-14(16-17-15,12-8-4-2-5-9-12)13-10-6-3-7-11-13/h2-11H,15,17H2,1H3. The van der Waals surface area contributed by atoms with Crippen LogP contribution in [0.1, 0.15) is 18.1 Å². The van der Waals surface area contributed by atoms with Gasteiger partial charge in [-0.05, 0) is 18.1 Å². The summed E-state index contributed by atoms with van der Waals surface area (Å²) in [6, 6.07) is 20.4. The minimum absolute atomic E-state index is 0.427. The van der Waals surface area contributed by atoms with Crippen LogP contribution in [-0.4, -0.2) is 9.92 Å². The van der Waals surface area contributed by atoms with E-state index in [1.807, 2.05) is 36.4 Å². The van der Waals surface area contributed by atoms with Gasteiger partial charge >= 0.3 is 0 Å². The van der Waals surface area contributed by atoms with Gasteiger partial charge in [0.25, 0.3) is 0 Å². The van der Waals surface area contributed by atoms with E-state index in [0.717, 1.165) is 11.1 Å². The van der Waals surface area contributed by atoms with Crippen LogP contribution in [0.4, 0.5) is 0 Å². The topological polar surface area (TPSA) is 35.2 Å². The molecule has 0 radical (unpaired) electrons. The zero-order chi connectivity index (χ0) is 12.1. The zero-order valence-electron chi connectivity index (χ0n) is 9.97. The first-order valence-corrected chi connectivity index (χ1v) is 7.12. The molecular formula is C14H17NOSi. The van der Waals surface area contributed by atoms with Crippen molar-refractivity contribution in [3.8, 4) is 0 Å². The third-order valence-corrected chi connectivity index (χ3v) is 3.77. The molecule has 0 spiro atoms. The molecule has 3 heteroatoms. The molecule has 2 aromatic rings. The maximum atomic E-state index is 5.92. The number of hydrogen-bond acceptors (Lipinski definition) is 2. The Bertz CT molecular complexity index is 419. The van der Waals surface area contributed by atoms with E-state index in [-0.39, 0.29) is 0 Å². The van der Waals surface area contributed by atoms with Gasteiger partial charge in [0, 0.05) is 0 Å². The Balaban J connectivity index is 2.47. The van der Waals surface area contributed by atoms with E-state index in [2.05, 4.69) is 31.2 Å². The molecule has 0 amide bonds. The lowest BCUT2D eigenvalue weighted by Gasteiger charge is -2.31. The van der Waals surface area contributed by atoms with Gasteiger partial charge in [0.1, 0.15) is 5.60 Å². The first-order chi connectivity index (χ1) is 8.27. The van der Waals surface area contributed by atoms with Gasteiger partial charge in [-0.1, -0.05) is 60.7 Å². The highest BCUT2D eigenvalue weighted by atomic mass is 28.2. The zero-order valence-corrected chi connectivity index (χ0v) is 11.4. The fourth-order valence-electron chi connectivity index (χ4n) is 2.01. The smallest absolute Gasteiger partial charge is 0.235 e. The second-order valence-corrected chi connectivity index (χ2v) is 4.70. The average Bonchev–Trinajstić information content (AvgIpc) is 2.41. The largest absolute Gasteiger partial charge is 0.395 e. The molecule has 0 aromatic heterocycles. The van der Waals surface area contributed by atoms with Crippen LogP contribution in [0, 0.1) is 0 Å². The molecule has 0 unspecified atom stereocenters. The third kappa shape index (κ3) is 2.47. The molecule has 0 heterocycles. The Labute approximate surface area is 104 Å². The molecule has 0 bridgehead atoms. The average molecular weight is 243 g/mol. The summed E-state index contributed by atoms with van der Waals surface area (Å²) in [5, 5.41) is 5.71. The summed E-state index contributed by atoms with van der Waals surface area (Å²) in [5.74, 6) is 0. The van der Waals surface area contributed by atoms with Gasteiger partial charge in [-0.15, -0.1) is 0 Å². The van der Waals surface area contributed by atoms with Gasteiger partial charge < -0.3 is 9.83 Å². The van der Waals surface area contributed by atoms with Crippen molar-refractivity contribution in [2.24, 2.45) is 5.40 Å². The van der Waals surface area contributed by atoms with Crippen molar-refractivity contribution in [2.45, 2.75) is 12.5 Å². The van der Waals surface area contributed by atoms with Gasteiger partial charge in [0.05, 0.1) is 0 Å². The van der Waals surface area contributed by atoms with Gasteiger partial charge in [-0.2, -0.15) is 0 Å². The van der Waals surface area contributed by atoms with E-state index in [1.165, 1.54) is 0 Å². The van der Waals surface area contributed by atoms with E-state index < -0.39 is 15.5 Å². The number of nitrogens with two attached hydrogens (primary N) is 1. The molecule has 2 nitrogen and oxygen atoms in total. The lowest BCUT2D eigenvalue weighted by atomic mass is 9.88. The predicted octanol–water partition coefficient (Wildman–Crippen LogP) is 1.92. The van der Waals surface area contributed by atoms with Gasteiger partial charge in [-0.25, -0.2) is 0 Å². The Kier molecular flexibility index (Phi) is 3.74. The second-order valence-electron chi connectivity index (χ2n) is 4.08. The highest BCUT2D eigenvalue weighted by Crippen LogP contribution is 2.32. The van der Waals surface area contributed by atoms with Crippen LogP contribution in [0.5, 0.6) is 0 Å². The normalized spacial score (nSPS) is 12.1. The first-order valence-electron chi connectivity index (χ1n) is 5.72. The summed E-state index contributed by atoms with van der Waals surface area (Å²) in [6.07, 6.45) is 0. The molecule has 88 valence electrons. The van der Waals surface area contributed by atoms with Crippen LogP contribution in [-0.2, 0) is 10.0 Å². The van der Waals surface area contributed by atoms with Gasteiger partial charge in [0.2, 0.25) is 9.92 Å². The molecule has 0 aliphatic rings. The summed E-state index contributed by atoms with van der Waals surface area (Å²) < 4.78 is 5.92. The maximum absolute atomic E-state index is 5.92. The quantitative estimate of drug-likeness (QED) is 0.833. The van der Waals surface area contributed by atoms with Crippen molar-refractivity contribution in [3.63, 3.8) is 0 Å². The van der Waals surface area contributed by atoms with Crippen molar-refractivity contribution in [1.82, 2.24) is 0 Å². The molecule has 17 heavy (non-hydrogen) atoms. The van der Waals surface area contributed by atoms with Crippen LogP contribution in [0.15, 0.2) is 60.7 Å². The molecular weight excluding hydrogens is 226 g/mol. The van der Waals surface area contributed by atoms with Crippen molar-refractivity contribution in [1.29, 1.82) is 0 Å². The van der Waals surface area contributed by atoms with Crippen LogP contribution >= 0.6 is 0 Å². The van der Waals surface area contributed by atoms with E-state index in [0.29, 0.717) is 0 Å². The minimum Gasteiger partial charge on any atom is -0.395 e. The van der Waals surface area contributed by atoms with E-state index in [9.17, 15) is 0 Å². The molecule has 0 aliphatic heterocycles. The number of rotatable bonds is 4. The van der Waals surface area contributed by atoms with E-state index in [1.54, 1.807) is 0 Å². The summed E-state index contributed by atoms with van der Waals surface area (Å²) in [4.78, 5) is 0. The van der Waals surface area contributed by atoms with E-state index in [4.69, 9.17) is 9.83 Å². The van der Waals surface area contributed by atoms with Gasteiger partial charge in [0.15, 0.2) is 0 Å². The molecule has 0 fully saturated rings. The molecule has 0 aliphatic carbocycles. The van der Waals surface area contributed by atoms with Crippen molar-refractivity contribution in [2.75, 3.05) is 0 Å². The Morgan fingerprint density at radius 1 is 0.882 bits per heavy atom. The van der Waals surface area contributed by atoms with Crippen molar-refractivity contribution < 1.29 is 4.43 Å². The first kappa shape index (κ1) is 12.0. The lowest BCUT2D eigenvalue weighted by molar-refractivity contribution is 0.140. The Morgan fingerprint density at radius 3 is 1.65 bits per heavy atom. The van der Waals surface area contributed by atoms with E-state index >= 15 is 0 Å². The number of hydrogen-bond donors (Lipinski definition) is 1. The summed E-state index contributed by atoms with van der Waals surface area (Å²) >= 11 is 0.